The molecule has 2 aromatic carbocycles. The van der Waals surface area contributed by atoms with Crippen LogP contribution in [-0.2, 0) is 4.79 Å². The van der Waals surface area contributed by atoms with Gasteiger partial charge < -0.3 is 10.1 Å². The maximum absolute atomic E-state index is 12.4. The Morgan fingerprint density at radius 1 is 0.962 bits per heavy atom. The molecule has 0 bridgehead atoms. The van der Waals surface area contributed by atoms with Crippen molar-refractivity contribution >= 4 is 11.7 Å². The van der Waals surface area contributed by atoms with E-state index in [0.717, 1.165) is 11.1 Å². The number of nitrogens with one attached hydrogen (secondary N) is 1. The number of anilines is 1. The first kappa shape index (κ1) is 17.7. The quantitative estimate of drug-likeness (QED) is 0.711. The average Bonchev–Trinajstić information content (AvgIpc) is 3.11. The van der Waals surface area contributed by atoms with Crippen LogP contribution in [0, 0.1) is 0 Å². The van der Waals surface area contributed by atoms with Crippen molar-refractivity contribution in [1.29, 1.82) is 0 Å². The van der Waals surface area contributed by atoms with Gasteiger partial charge in [-0.15, -0.1) is 0 Å². The molecule has 3 rings (SSSR count). The largest absolute Gasteiger partial charge is 0.481 e. The topological polar surface area (TPSA) is 56.1 Å². The van der Waals surface area contributed by atoms with Gasteiger partial charge in [-0.25, -0.2) is 4.68 Å². The number of benzene rings is 2. The SMILES string of the molecule is CC(Oc1ccc(-c2ccccc2)cc1)C(=O)Nc1ccnn1C(C)C. The van der Waals surface area contributed by atoms with Gasteiger partial charge in [0.2, 0.25) is 0 Å². The molecule has 0 spiro atoms. The summed E-state index contributed by atoms with van der Waals surface area (Å²) in [6.07, 6.45) is 1.05. The Hall–Kier alpha value is -3.08. The van der Waals surface area contributed by atoms with E-state index in [1.807, 2.05) is 56.3 Å². The highest BCUT2D eigenvalue weighted by Crippen LogP contribution is 2.23. The van der Waals surface area contributed by atoms with Crippen LogP contribution in [0.2, 0.25) is 0 Å². The third-order valence-electron chi connectivity index (χ3n) is 4.05. The molecule has 1 aromatic heterocycles. The summed E-state index contributed by atoms with van der Waals surface area (Å²) in [5.41, 5.74) is 2.25. The van der Waals surface area contributed by atoms with Crippen LogP contribution in [-0.4, -0.2) is 21.8 Å². The van der Waals surface area contributed by atoms with E-state index < -0.39 is 6.10 Å². The third-order valence-corrected chi connectivity index (χ3v) is 4.05. The van der Waals surface area contributed by atoms with E-state index in [-0.39, 0.29) is 11.9 Å². The predicted molar refractivity (Wildman–Crippen MR) is 103 cm³/mol. The van der Waals surface area contributed by atoms with Crippen LogP contribution < -0.4 is 10.1 Å². The van der Waals surface area contributed by atoms with E-state index in [2.05, 4.69) is 22.5 Å². The Morgan fingerprint density at radius 2 is 1.62 bits per heavy atom. The van der Waals surface area contributed by atoms with Crippen molar-refractivity contribution in [2.75, 3.05) is 5.32 Å². The second-order valence-electron chi connectivity index (χ2n) is 6.39. The minimum absolute atomic E-state index is 0.169. The van der Waals surface area contributed by atoms with Crippen LogP contribution in [0.4, 0.5) is 5.82 Å². The van der Waals surface area contributed by atoms with Gasteiger partial charge in [-0.05, 0) is 44.0 Å². The lowest BCUT2D eigenvalue weighted by Gasteiger charge is -2.16. The van der Waals surface area contributed by atoms with E-state index in [1.165, 1.54) is 0 Å². The normalized spacial score (nSPS) is 12.0. The van der Waals surface area contributed by atoms with Gasteiger partial charge in [-0.1, -0.05) is 42.5 Å². The molecular formula is C21H23N3O2. The molecule has 1 atom stereocenters. The van der Waals surface area contributed by atoms with Crippen molar-refractivity contribution in [1.82, 2.24) is 9.78 Å². The fourth-order valence-electron chi connectivity index (χ4n) is 2.67. The number of ether oxygens (including phenoxy) is 1. The first-order valence-electron chi connectivity index (χ1n) is 8.71. The maximum atomic E-state index is 12.4. The third kappa shape index (κ3) is 4.11. The molecule has 1 unspecified atom stereocenters. The Kier molecular flexibility index (Phi) is 5.37. The standard InChI is InChI=1S/C21H23N3O2/c1-15(2)24-20(13-14-22-24)23-21(25)16(3)26-19-11-9-18(10-12-19)17-7-5-4-6-8-17/h4-16H,1-3H3,(H,23,25). The van der Waals surface area contributed by atoms with Crippen LogP contribution in [0.25, 0.3) is 11.1 Å². The van der Waals surface area contributed by atoms with Gasteiger partial charge in [0.05, 0.1) is 6.20 Å². The number of carbonyl (C=O) groups excluding carboxylic acids is 1. The highest BCUT2D eigenvalue weighted by atomic mass is 16.5. The summed E-state index contributed by atoms with van der Waals surface area (Å²) in [6, 6.07) is 19.8. The average molecular weight is 349 g/mol. The second-order valence-corrected chi connectivity index (χ2v) is 6.39. The summed E-state index contributed by atoms with van der Waals surface area (Å²) >= 11 is 0. The second kappa shape index (κ2) is 7.87. The van der Waals surface area contributed by atoms with Gasteiger partial charge in [-0.2, -0.15) is 5.10 Å². The molecule has 0 radical (unpaired) electrons. The van der Waals surface area contributed by atoms with Crippen molar-refractivity contribution in [3.05, 3.63) is 66.9 Å². The number of hydrogen-bond acceptors (Lipinski definition) is 3. The summed E-state index contributed by atoms with van der Waals surface area (Å²) < 4.78 is 7.54. The molecule has 5 nitrogen and oxygen atoms in total. The number of aromatic nitrogens is 2. The number of carbonyl (C=O) groups is 1. The maximum Gasteiger partial charge on any atom is 0.266 e. The van der Waals surface area contributed by atoms with E-state index >= 15 is 0 Å². The molecule has 0 saturated heterocycles. The molecule has 0 fully saturated rings. The molecule has 0 aliphatic rings. The minimum Gasteiger partial charge on any atom is -0.481 e. The molecule has 0 saturated carbocycles. The molecule has 1 heterocycles. The molecule has 1 amide bonds. The molecule has 134 valence electrons. The minimum atomic E-state index is -0.618. The highest BCUT2D eigenvalue weighted by molar-refractivity contribution is 5.93. The zero-order valence-corrected chi connectivity index (χ0v) is 15.2. The lowest BCUT2D eigenvalue weighted by molar-refractivity contribution is -0.122. The van der Waals surface area contributed by atoms with Crippen LogP contribution in [0.15, 0.2) is 66.9 Å². The molecule has 3 aromatic rings. The summed E-state index contributed by atoms with van der Waals surface area (Å²) in [5, 5.41) is 7.08. The zero-order chi connectivity index (χ0) is 18.5. The molecule has 0 aliphatic carbocycles. The van der Waals surface area contributed by atoms with Crippen LogP contribution in [0.3, 0.4) is 0 Å². The van der Waals surface area contributed by atoms with E-state index in [4.69, 9.17) is 4.74 Å². The lowest BCUT2D eigenvalue weighted by Crippen LogP contribution is -2.31. The van der Waals surface area contributed by atoms with Gasteiger partial charge in [0.1, 0.15) is 11.6 Å². The van der Waals surface area contributed by atoms with E-state index in [1.54, 1.807) is 23.9 Å². The Morgan fingerprint density at radius 3 is 2.27 bits per heavy atom. The highest BCUT2D eigenvalue weighted by Gasteiger charge is 2.17. The van der Waals surface area contributed by atoms with Crippen molar-refractivity contribution in [3.8, 4) is 16.9 Å². The molecule has 26 heavy (non-hydrogen) atoms. The van der Waals surface area contributed by atoms with Crippen molar-refractivity contribution in [2.24, 2.45) is 0 Å². The summed E-state index contributed by atoms with van der Waals surface area (Å²) in [5.74, 6) is 1.11. The van der Waals surface area contributed by atoms with Crippen LogP contribution >= 0.6 is 0 Å². The fraction of sp³-hybridized carbons (Fsp3) is 0.238. The Labute approximate surface area is 153 Å². The van der Waals surface area contributed by atoms with Gasteiger partial charge in [0.25, 0.3) is 5.91 Å². The van der Waals surface area contributed by atoms with Crippen molar-refractivity contribution in [3.63, 3.8) is 0 Å². The number of amides is 1. The first-order valence-corrected chi connectivity index (χ1v) is 8.71. The molecular weight excluding hydrogens is 326 g/mol. The number of rotatable bonds is 6. The van der Waals surface area contributed by atoms with E-state index in [0.29, 0.717) is 11.6 Å². The summed E-state index contributed by atoms with van der Waals surface area (Å²) in [4.78, 5) is 12.4. The lowest BCUT2D eigenvalue weighted by atomic mass is 10.1. The van der Waals surface area contributed by atoms with Gasteiger partial charge in [-0.3, -0.25) is 4.79 Å². The Bertz CT molecular complexity index is 854. The van der Waals surface area contributed by atoms with Crippen molar-refractivity contribution in [2.45, 2.75) is 32.9 Å². The first-order chi connectivity index (χ1) is 12.5. The fourth-order valence-corrected chi connectivity index (χ4v) is 2.67. The molecule has 0 aliphatic heterocycles. The zero-order valence-electron chi connectivity index (χ0n) is 15.2. The number of hydrogen-bond donors (Lipinski definition) is 1. The van der Waals surface area contributed by atoms with Crippen LogP contribution in [0.5, 0.6) is 5.75 Å². The van der Waals surface area contributed by atoms with Crippen molar-refractivity contribution < 1.29 is 9.53 Å². The smallest absolute Gasteiger partial charge is 0.266 e. The molecule has 5 heteroatoms. The van der Waals surface area contributed by atoms with E-state index in [9.17, 15) is 4.79 Å². The monoisotopic (exact) mass is 349 g/mol. The van der Waals surface area contributed by atoms with Gasteiger partial charge in [0.15, 0.2) is 6.10 Å². The Balaban J connectivity index is 1.63. The van der Waals surface area contributed by atoms with Crippen LogP contribution in [0.1, 0.15) is 26.8 Å². The van der Waals surface area contributed by atoms with Gasteiger partial charge >= 0.3 is 0 Å². The summed E-state index contributed by atoms with van der Waals surface area (Å²) in [6.45, 7) is 5.75. The number of nitrogens with zero attached hydrogens (tertiary/aromatic N) is 2. The molecule has 1 N–H and O–H groups in total. The van der Waals surface area contributed by atoms with Gasteiger partial charge in [0, 0.05) is 12.1 Å². The summed E-state index contributed by atoms with van der Waals surface area (Å²) in [7, 11) is 0. The predicted octanol–water partition coefficient (Wildman–Crippen LogP) is 4.54.